The monoisotopic (exact) mass is 206 g/mol. The van der Waals surface area contributed by atoms with Crippen molar-refractivity contribution in [3.05, 3.63) is 34.9 Å². The number of benzene rings is 1. The second-order valence-corrected chi connectivity index (χ2v) is 3.78. The molecule has 0 saturated carbocycles. The van der Waals surface area contributed by atoms with E-state index in [1.54, 1.807) is 0 Å². The molecule has 0 heterocycles. The van der Waals surface area contributed by atoms with Gasteiger partial charge in [0.15, 0.2) is 0 Å². The number of rotatable bonds is 3. The van der Waals surface area contributed by atoms with Crippen LogP contribution in [0.3, 0.4) is 0 Å². The predicted octanol–water partition coefficient (Wildman–Crippen LogP) is 1.44. The Balaban J connectivity index is 2.86. The van der Waals surface area contributed by atoms with E-state index in [0.29, 0.717) is 0 Å². The third-order valence-corrected chi connectivity index (χ3v) is 2.68. The van der Waals surface area contributed by atoms with Gasteiger partial charge in [0.2, 0.25) is 5.91 Å². The van der Waals surface area contributed by atoms with E-state index in [4.69, 9.17) is 5.73 Å². The van der Waals surface area contributed by atoms with Crippen molar-refractivity contribution in [1.82, 2.24) is 5.32 Å². The van der Waals surface area contributed by atoms with Crippen molar-refractivity contribution in [1.29, 1.82) is 0 Å². The van der Waals surface area contributed by atoms with Crippen molar-refractivity contribution in [3.8, 4) is 0 Å². The molecule has 0 spiro atoms. The Morgan fingerprint density at radius 2 is 2.13 bits per heavy atom. The quantitative estimate of drug-likeness (QED) is 0.786. The van der Waals surface area contributed by atoms with Gasteiger partial charge in [-0.2, -0.15) is 0 Å². The fourth-order valence-corrected chi connectivity index (χ4v) is 1.62. The first-order valence-corrected chi connectivity index (χ1v) is 5.11. The molecule has 1 rings (SSSR count). The van der Waals surface area contributed by atoms with Gasteiger partial charge in [0, 0.05) is 0 Å². The summed E-state index contributed by atoms with van der Waals surface area (Å²) < 4.78 is 0. The minimum atomic E-state index is -0.122. The molecule has 1 amide bonds. The number of aryl methyl sites for hydroxylation is 1. The van der Waals surface area contributed by atoms with Gasteiger partial charge in [0.1, 0.15) is 0 Å². The molecule has 0 aliphatic heterocycles. The largest absolute Gasteiger partial charge is 0.348 e. The van der Waals surface area contributed by atoms with Crippen LogP contribution in [0, 0.1) is 13.8 Å². The maximum absolute atomic E-state index is 11.2. The van der Waals surface area contributed by atoms with Crippen LogP contribution in [-0.2, 0) is 4.79 Å². The molecule has 0 bridgehead atoms. The Morgan fingerprint density at radius 1 is 1.47 bits per heavy atom. The minimum absolute atomic E-state index is 0.0148. The lowest BCUT2D eigenvalue weighted by molar-refractivity contribution is -0.120. The molecule has 1 aromatic carbocycles. The highest BCUT2D eigenvalue weighted by Crippen LogP contribution is 2.19. The molecule has 15 heavy (non-hydrogen) atoms. The van der Waals surface area contributed by atoms with Crippen LogP contribution in [0.5, 0.6) is 0 Å². The van der Waals surface area contributed by atoms with Crippen LogP contribution in [0.15, 0.2) is 18.2 Å². The van der Waals surface area contributed by atoms with Crippen molar-refractivity contribution < 1.29 is 4.79 Å². The van der Waals surface area contributed by atoms with Crippen LogP contribution in [-0.4, -0.2) is 12.5 Å². The summed E-state index contributed by atoms with van der Waals surface area (Å²) in [4.78, 5) is 11.2. The fourth-order valence-electron chi connectivity index (χ4n) is 1.62. The molecule has 0 saturated heterocycles. The van der Waals surface area contributed by atoms with Gasteiger partial charge in [-0.05, 0) is 37.5 Å². The zero-order valence-electron chi connectivity index (χ0n) is 9.50. The second kappa shape index (κ2) is 4.94. The van der Waals surface area contributed by atoms with E-state index in [9.17, 15) is 4.79 Å². The van der Waals surface area contributed by atoms with Crippen molar-refractivity contribution in [2.45, 2.75) is 26.8 Å². The summed E-state index contributed by atoms with van der Waals surface area (Å²) in [5, 5.41) is 2.85. The lowest BCUT2D eigenvalue weighted by Crippen LogP contribution is -2.32. The van der Waals surface area contributed by atoms with E-state index < -0.39 is 0 Å². The highest BCUT2D eigenvalue weighted by atomic mass is 16.1. The molecular formula is C12H18N2O. The van der Waals surface area contributed by atoms with Gasteiger partial charge in [-0.3, -0.25) is 4.79 Å². The third kappa shape index (κ3) is 2.80. The summed E-state index contributed by atoms with van der Waals surface area (Å²) in [5.41, 5.74) is 8.87. The molecule has 3 nitrogen and oxygen atoms in total. The molecule has 0 fully saturated rings. The van der Waals surface area contributed by atoms with Gasteiger partial charge < -0.3 is 11.1 Å². The Morgan fingerprint density at radius 3 is 2.73 bits per heavy atom. The van der Waals surface area contributed by atoms with E-state index >= 15 is 0 Å². The molecule has 1 unspecified atom stereocenters. The summed E-state index contributed by atoms with van der Waals surface area (Å²) in [5.74, 6) is -0.122. The normalized spacial score (nSPS) is 12.3. The van der Waals surface area contributed by atoms with E-state index in [2.05, 4.69) is 25.2 Å². The van der Waals surface area contributed by atoms with Crippen molar-refractivity contribution in [2.24, 2.45) is 5.73 Å². The molecule has 1 aromatic rings. The number of carbonyl (C=O) groups is 1. The Kier molecular flexibility index (Phi) is 3.86. The summed E-state index contributed by atoms with van der Waals surface area (Å²) in [6.07, 6.45) is 0. The average Bonchev–Trinajstić information content (AvgIpc) is 2.21. The number of nitrogens with one attached hydrogen (secondary N) is 1. The number of carbonyl (C=O) groups excluding carboxylic acids is 1. The Bertz CT molecular complexity index is 361. The zero-order valence-corrected chi connectivity index (χ0v) is 9.50. The van der Waals surface area contributed by atoms with Gasteiger partial charge in [-0.1, -0.05) is 18.2 Å². The van der Waals surface area contributed by atoms with Crippen LogP contribution in [0.1, 0.15) is 29.7 Å². The Hall–Kier alpha value is -1.35. The van der Waals surface area contributed by atoms with E-state index in [1.165, 1.54) is 11.1 Å². The highest BCUT2D eigenvalue weighted by molar-refractivity contribution is 5.78. The topological polar surface area (TPSA) is 55.1 Å². The standard InChI is InChI=1S/C12H18N2O/c1-8-5-4-6-11(9(8)2)10(3)14-12(15)7-13/h4-6,10H,7,13H2,1-3H3,(H,14,15). The second-order valence-electron chi connectivity index (χ2n) is 3.78. The molecule has 0 radical (unpaired) electrons. The zero-order chi connectivity index (χ0) is 11.4. The first kappa shape index (κ1) is 11.7. The molecule has 0 aliphatic rings. The first-order chi connectivity index (χ1) is 7.06. The van der Waals surface area contributed by atoms with Gasteiger partial charge in [-0.15, -0.1) is 0 Å². The maximum atomic E-state index is 11.2. The van der Waals surface area contributed by atoms with Gasteiger partial charge in [0.25, 0.3) is 0 Å². The molecule has 3 heteroatoms. The smallest absolute Gasteiger partial charge is 0.234 e. The number of nitrogens with two attached hydrogens (primary N) is 1. The summed E-state index contributed by atoms with van der Waals surface area (Å²) in [6.45, 7) is 6.14. The van der Waals surface area contributed by atoms with Crippen LogP contribution >= 0.6 is 0 Å². The van der Waals surface area contributed by atoms with E-state index in [1.807, 2.05) is 19.1 Å². The summed E-state index contributed by atoms with van der Waals surface area (Å²) in [6, 6.07) is 6.11. The highest BCUT2D eigenvalue weighted by Gasteiger charge is 2.10. The van der Waals surface area contributed by atoms with Gasteiger partial charge >= 0.3 is 0 Å². The van der Waals surface area contributed by atoms with Gasteiger partial charge in [-0.25, -0.2) is 0 Å². The Labute approximate surface area is 90.7 Å². The first-order valence-electron chi connectivity index (χ1n) is 5.11. The SMILES string of the molecule is Cc1cccc(C(C)NC(=O)CN)c1C. The van der Waals surface area contributed by atoms with Crippen molar-refractivity contribution in [2.75, 3.05) is 6.54 Å². The van der Waals surface area contributed by atoms with Crippen LogP contribution in [0.2, 0.25) is 0 Å². The number of hydrogen-bond donors (Lipinski definition) is 2. The van der Waals surface area contributed by atoms with Gasteiger partial charge in [0.05, 0.1) is 12.6 Å². The lowest BCUT2D eigenvalue weighted by Gasteiger charge is -2.17. The lowest BCUT2D eigenvalue weighted by atomic mass is 9.98. The predicted molar refractivity (Wildman–Crippen MR) is 61.5 cm³/mol. The molecule has 3 N–H and O–H groups in total. The third-order valence-electron chi connectivity index (χ3n) is 2.68. The fraction of sp³-hybridized carbons (Fsp3) is 0.417. The number of amides is 1. The van der Waals surface area contributed by atoms with Crippen molar-refractivity contribution in [3.63, 3.8) is 0 Å². The van der Waals surface area contributed by atoms with Crippen LogP contribution in [0.25, 0.3) is 0 Å². The molecule has 0 aromatic heterocycles. The summed E-state index contributed by atoms with van der Waals surface area (Å²) in [7, 11) is 0. The van der Waals surface area contributed by atoms with E-state index in [0.717, 1.165) is 5.56 Å². The van der Waals surface area contributed by atoms with E-state index in [-0.39, 0.29) is 18.5 Å². The molecule has 1 atom stereocenters. The average molecular weight is 206 g/mol. The molecular weight excluding hydrogens is 188 g/mol. The van der Waals surface area contributed by atoms with Crippen LogP contribution < -0.4 is 11.1 Å². The number of hydrogen-bond acceptors (Lipinski definition) is 2. The van der Waals surface area contributed by atoms with Crippen LogP contribution in [0.4, 0.5) is 0 Å². The minimum Gasteiger partial charge on any atom is -0.348 e. The summed E-state index contributed by atoms with van der Waals surface area (Å²) >= 11 is 0. The maximum Gasteiger partial charge on any atom is 0.234 e. The molecule has 82 valence electrons. The van der Waals surface area contributed by atoms with Crippen molar-refractivity contribution >= 4 is 5.91 Å². The molecule has 0 aliphatic carbocycles.